The van der Waals surface area contributed by atoms with Crippen LogP contribution in [0.15, 0.2) is 24.3 Å². The predicted octanol–water partition coefficient (Wildman–Crippen LogP) is 2.02. The van der Waals surface area contributed by atoms with Crippen molar-refractivity contribution < 1.29 is 19.1 Å². The van der Waals surface area contributed by atoms with E-state index in [4.69, 9.17) is 4.74 Å². The molecule has 1 aromatic rings. The van der Waals surface area contributed by atoms with Crippen LogP contribution >= 0.6 is 0 Å². The normalized spacial score (nSPS) is 13.6. The smallest absolute Gasteiger partial charge is 0.305 e. The summed E-state index contributed by atoms with van der Waals surface area (Å²) in [5.41, 5.74) is 0.890. The Morgan fingerprint density at radius 1 is 1.15 bits per heavy atom. The fraction of sp³-hybridized carbons (Fsp3) is 0.400. The first kappa shape index (κ1) is 14.2. The molecule has 0 fully saturated rings. The number of nitrogens with zero attached hydrogens (tertiary/aromatic N) is 1. The van der Waals surface area contributed by atoms with Crippen molar-refractivity contribution in [2.24, 2.45) is 0 Å². The van der Waals surface area contributed by atoms with Crippen molar-refractivity contribution in [3.8, 4) is 0 Å². The second-order valence-electron chi connectivity index (χ2n) is 4.63. The molecule has 0 saturated carbocycles. The lowest BCUT2D eigenvalue weighted by molar-refractivity contribution is -0.143. The Morgan fingerprint density at radius 2 is 1.75 bits per heavy atom. The monoisotopic (exact) mass is 275 g/mol. The van der Waals surface area contributed by atoms with Gasteiger partial charge in [0.2, 0.25) is 0 Å². The van der Waals surface area contributed by atoms with Gasteiger partial charge in [-0.2, -0.15) is 0 Å². The summed E-state index contributed by atoms with van der Waals surface area (Å²) in [4.78, 5) is 36.5. The lowest BCUT2D eigenvalue weighted by atomic mass is 10.1. The van der Waals surface area contributed by atoms with Gasteiger partial charge >= 0.3 is 5.97 Å². The number of fused-ring (bicyclic) bond motifs is 1. The topological polar surface area (TPSA) is 63.7 Å². The number of benzene rings is 1. The molecule has 0 radical (unpaired) electrons. The Balaban J connectivity index is 1.85. The van der Waals surface area contributed by atoms with Crippen molar-refractivity contribution in [1.82, 2.24) is 4.90 Å². The fourth-order valence-corrected chi connectivity index (χ4v) is 2.13. The number of ether oxygens (including phenoxy) is 1. The van der Waals surface area contributed by atoms with Gasteiger partial charge in [-0.1, -0.05) is 19.1 Å². The Hall–Kier alpha value is -2.17. The van der Waals surface area contributed by atoms with Gasteiger partial charge in [0, 0.05) is 13.0 Å². The highest BCUT2D eigenvalue weighted by atomic mass is 16.5. The second kappa shape index (κ2) is 6.32. The van der Waals surface area contributed by atoms with E-state index in [0.29, 0.717) is 24.0 Å². The van der Waals surface area contributed by atoms with Crippen LogP contribution in [0.5, 0.6) is 0 Å². The average Bonchev–Trinajstić information content (AvgIpc) is 2.69. The van der Waals surface area contributed by atoms with E-state index in [2.05, 4.69) is 0 Å². The Bertz CT molecular complexity index is 503. The molecule has 5 heteroatoms. The summed E-state index contributed by atoms with van der Waals surface area (Å²) >= 11 is 0. The molecule has 1 aromatic carbocycles. The summed E-state index contributed by atoms with van der Waals surface area (Å²) in [6, 6.07) is 6.77. The first-order valence-corrected chi connectivity index (χ1v) is 6.76. The summed E-state index contributed by atoms with van der Waals surface area (Å²) in [5.74, 6) is -0.786. The molecule has 0 unspecified atom stereocenters. The number of rotatable bonds is 6. The molecule has 106 valence electrons. The maximum absolute atomic E-state index is 12.0. The molecule has 0 N–H and O–H groups in total. The highest BCUT2D eigenvalue weighted by molar-refractivity contribution is 6.21. The van der Waals surface area contributed by atoms with Gasteiger partial charge in [0.15, 0.2) is 0 Å². The van der Waals surface area contributed by atoms with Gasteiger partial charge in [-0.15, -0.1) is 0 Å². The second-order valence-corrected chi connectivity index (χ2v) is 4.63. The van der Waals surface area contributed by atoms with E-state index in [0.717, 1.165) is 6.42 Å². The molecular weight excluding hydrogens is 258 g/mol. The number of imide groups is 1. The van der Waals surface area contributed by atoms with Crippen molar-refractivity contribution >= 4 is 17.8 Å². The highest BCUT2D eigenvalue weighted by Gasteiger charge is 2.34. The Morgan fingerprint density at radius 3 is 2.30 bits per heavy atom. The largest absolute Gasteiger partial charge is 0.466 e. The van der Waals surface area contributed by atoms with Crippen LogP contribution in [-0.2, 0) is 9.53 Å². The molecule has 1 aliphatic heterocycles. The molecule has 1 aliphatic rings. The summed E-state index contributed by atoms with van der Waals surface area (Å²) in [5, 5.41) is 0. The molecule has 2 amide bonds. The standard InChI is InChI=1S/C15H17NO4/c1-2-6-13(17)20-10-5-9-16-14(18)11-7-3-4-8-12(11)15(16)19/h3-4,7-8H,2,5-6,9-10H2,1H3. The zero-order valence-corrected chi connectivity index (χ0v) is 11.4. The molecular formula is C15H17NO4. The van der Waals surface area contributed by atoms with Crippen molar-refractivity contribution in [3.05, 3.63) is 35.4 Å². The molecule has 1 heterocycles. The third-order valence-electron chi connectivity index (χ3n) is 3.12. The zero-order valence-electron chi connectivity index (χ0n) is 11.4. The zero-order chi connectivity index (χ0) is 14.5. The molecule has 2 rings (SSSR count). The first-order chi connectivity index (χ1) is 9.65. The van der Waals surface area contributed by atoms with Crippen molar-refractivity contribution in [1.29, 1.82) is 0 Å². The molecule has 0 bridgehead atoms. The van der Waals surface area contributed by atoms with Gasteiger partial charge in [-0.05, 0) is 25.0 Å². The van der Waals surface area contributed by atoms with Crippen LogP contribution in [0.1, 0.15) is 46.9 Å². The molecule has 0 atom stereocenters. The third kappa shape index (κ3) is 2.87. The van der Waals surface area contributed by atoms with Crippen LogP contribution in [0, 0.1) is 0 Å². The van der Waals surface area contributed by atoms with E-state index in [1.54, 1.807) is 24.3 Å². The molecule has 0 saturated heterocycles. The van der Waals surface area contributed by atoms with E-state index >= 15 is 0 Å². The lowest BCUT2D eigenvalue weighted by Gasteiger charge is -2.13. The van der Waals surface area contributed by atoms with Crippen molar-refractivity contribution in [2.45, 2.75) is 26.2 Å². The third-order valence-corrected chi connectivity index (χ3v) is 3.12. The highest BCUT2D eigenvalue weighted by Crippen LogP contribution is 2.22. The van der Waals surface area contributed by atoms with E-state index in [1.807, 2.05) is 6.92 Å². The Labute approximate surface area is 117 Å². The summed E-state index contributed by atoms with van der Waals surface area (Å²) in [6.45, 7) is 2.40. The van der Waals surface area contributed by atoms with Crippen molar-refractivity contribution in [2.75, 3.05) is 13.2 Å². The van der Waals surface area contributed by atoms with Crippen LogP contribution < -0.4 is 0 Å². The van der Waals surface area contributed by atoms with E-state index < -0.39 is 0 Å². The Kier molecular flexibility index (Phi) is 4.50. The number of hydrogen-bond acceptors (Lipinski definition) is 4. The van der Waals surface area contributed by atoms with E-state index in [-0.39, 0.29) is 30.9 Å². The molecule has 0 aromatic heterocycles. The molecule has 20 heavy (non-hydrogen) atoms. The molecule has 5 nitrogen and oxygen atoms in total. The minimum atomic E-state index is -0.273. The summed E-state index contributed by atoms with van der Waals surface area (Å²) < 4.78 is 5.00. The van der Waals surface area contributed by atoms with E-state index in [1.165, 1.54) is 4.90 Å². The van der Waals surface area contributed by atoms with E-state index in [9.17, 15) is 14.4 Å². The number of amides is 2. The predicted molar refractivity (Wildman–Crippen MR) is 72.3 cm³/mol. The number of hydrogen-bond donors (Lipinski definition) is 0. The SMILES string of the molecule is CCCC(=O)OCCCN1C(=O)c2ccccc2C1=O. The van der Waals surface area contributed by atoms with Gasteiger partial charge in [-0.3, -0.25) is 19.3 Å². The summed E-state index contributed by atoms with van der Waals surface area (Å²) in [6.07, 6.45) is 1.60. The van der Waals surface area contributed by atoms with Gasteiger partial charge < -0.3 is 4.74 Å². The molecule has 0 spiro atoms. The average molecular weight is 275 g/mol. The maximum atomic E-state index is 12.0. The first-order valence-electron chi connectivity index (χ1n) is 6.76. The maximum Gasteiger partial charge on any atom is 0.305 e. The van der Waals surface area contributed by atoms with Crippen LogP contribution in [0.4, 0.5) is 0 Å². The van der Waals surface area contributed by atoms with Gasteiger partial charge in [0.25, 0.3) is 11.8 Å². The van der Waals surface area contributed by atoms with Crippen LogP contribution in [-0.4, -0.2) is 35.8 Å². The van der Waals surface area contributed by atoms with Crippen molar-refractivity contribution in [3.63, 3.8) is 0 Å². The minimum Gasteiger partial charge on any atom is -0.466 e. The van der Waals surface area contributed by atoms with Gasteiger partial charge in [0.1, 0.15) is 0 Å². The van der Waals surface area contributed by atoms with Crippen LogP contribution in [0.25, 0.3) is 0 Å². The summed E-state index contributed by atoms with van der Waals surface area (Å²) in [7, 11) is 0. The number of carbonyl (C=O) groups is 3. The quantitative estimate of drug-likeness (QED) is 0.452. The van der Waals surface area contributed by atoms with Gasteiger partial charge in [0.05, 0.1) is 17.7 Å². The fourth-order valence-electron chi connectivity index (χ4n) is 2.13. The molecule has 0 aliphatic carbocycles. The number of carbonyl (C=O) groups excluding carboxylic acids is 3. The number of esters is 1. The van der Waals surface area contributed by atoms with Crippen LogP contribution in [0.3, 0.4) is 0 Å². The van der Waals surface area contributed by atoms with Crippen LogP contribution in [0.2, 0.25) is 0 Å². The van der Waals surface area contributed by atoms with Gasteiger partial charge in [-0.25, -0.2) is 0 Å². The lowest BCUT2D eigenvalue weighted by Crippen LogP contribution is -2.31. The minimum absolute atomic E-state index is 0.228.